The summed E-state index contributed by atoms with van der Waals surface area (Å²) in [6, 6.07) is 1.23. The Morgan fingerprint density at radius 1 is 1.35 bits per heavy atom. The fraction of sp³-hybridized carbons (Fsp3) is 0.643. The number of likely N-dealkylation sites (N-methyl/N-ethyl adjacent to an activating group) is 1. The number of carbonyl (C=O) groups is 1. The third-order valence-electron chi connectivity index (χ3n) is 4.63. The zero-order valence-corrected chi connectivity index (χ0v) is 11.9. The highest BCUT2D eigenvalue weighted by atomic mass is 16.4. The van der Waals surface area contributed by atoms with Gasteiger partial charge in [0.25, 0.3) is 0 Å². The summed E-state index contributed by atoms with van der Waals surface area (Å²) in [5.74, 6) is -0.308. The van der Waals surface area contributed by atoms with Crippen LogP contribution in [0.25, 0.3) is 0 Å². The van der Waals surface area contributed by atoms with Gasteiger partial charge in [0, 0.05) is 31.4 Å². The van der Waals surface area contributed by atoms with Gasteiger partial charge in [-0.05, 0) is 33.2 Å². The normalized spacial score (nSPS) is 26.6. The maximum atomic E-state index is 11.0. The molecule has 0 radical (unpaired) electrons. The van der Waals surface area contributed by atoms with E-state index in [1.807, 2.05) is 0 Å². The molecule has 1 aromatic rings. The second-order valence-corrected chi connectivity index (χ2v) is 5.76. The van der Waals surface area contributed by atoms with Crippen LogP contribution in [0, 0.1) is 6.92 Å². The number of fused-ring (bicyclic) bond motifs is 2. The van der Waals surface area contributed by atoms with Crippen LogP contribution in [0.1, 0.15) is 35.3 Å². The van der Waals surface area contributed by atoms with Crippen molar-refractivity contribution in [3.63, 3.8) is 0 Å². The van der Waals surface area contributed by atoms with Crippen LogP contribution in [0.2, 0.25) is 0 Å². The number of hydrogen-bond donors (Lipinski definition) is 1. The first-order chi connectivity index (χ1) is 9.56. The van der Waals surface area contributed by atoms with Gasteiger partial charge in [0.15, 0.2) is 0 Å². The summed E-state index contributed by atoms with van der Waals surface area (Å²) in [6.45, 7) is 3.60. The van der Waals surface area contributed by atoms with Gasteiger partial charge in [-0.2, -0.15) is 0 Å². The minimum absolute atomic E-state index is 0.183. The predicted octanol–water partition coefficient (Wildman–Crippen LogP) is 1.16. The van der Waals surface area contributed by atoms with E-state index in [9.17, 15) is 4.79 Å². The lowest BCUT2D eigenvalue weighted by Gasteiger charge is -2.26. The molecule has 3 rings (SSSR count). The van der Waals surface area contributed by atoms with Gasteiger partial charge >= 0.3 is 5.97 Å². The van der Waals surface area contributed by atoms with E-state index in [0.717, 1.165) is 19.5 Å². The van der Waals surface area contributed by atoms with Gasteiger partial charge in [-0.1, -0.05) is 0 Å². The Morgan fingerprint density at radius 3 is 2.80 bits per heavy atom. The van der Waals surface area contributed by atoms with Crippen LogP contribution in [0.5, 0.6) is 0 Å². The van der Waals surface area contributed by atoms with Crippen molar-refractivity contribution in [2.24, 2.45) is 0 Å². The fourth-order valence-electron chi connectivity index (χ4n) is 3.31. The van der Waals surface area contributed by atoms with Crippen LogP contribution in [0.15, 0.2) is 6.20 Å². The van der Waals surface area contributed by atoms with Crippen LogP contribution < -0.4 is 4.90 Å². The van der Waals surface area contributed by atoms with Crippen molar-refractivity contribution in [3.8, 4) is 0 Å². The van der Waals surface area contributed by atoms with Gasteiger partial charge < -0.3 is 10.0 Å². The molecule has 2 saturated heterocycles. The first kappa shape index (κ1) is 13.3. The molecule has 2 bridgehead atoms. The van der Waals surface area contributed by atoms with Crippen LogP contribution in [-0.4, -0.2) is 58.2 Å². The second kappa shape index (κ2) is 5.01. The molecule has 0 saturated carbocycles. The van der Waals surface area contributed by atoms with Gasteiger partial charge in [0.1, 0.15) is 0 Å². The number of carboxylic acids is 1. The molecule has 0 spiro atoms. The standard InChI is InChI=1S/C14H20N4O2/c1-9-12(13(19)20)7-15-14(16-9)18-6-5-10-3-4-11(8-18)17(10)2/h7,10-11H,3-6,8H2,1-2H3,(H,19,20). The molecule has 2 unspecified atom stereocenters. The number of anilines is 1. The number of hydrogen-bond acceptors (Lipinski definition) is 5. The highest BCUT2D eigenvalue weighted by Crippen LogP contribution is 2.29. The van der Waals surface area contributed by atoms with E-state index in [1.165, 1.54) is 19.0 Å². The Kier molecular flexibility index (Phi) is 3.33. The fourth-order valence-corrected chi connectivity index (χ4v) is 3.31. The summed E-state index contributed by atoms with van der Waals surface area (Å²) in [4.78, 5) is 24.3. The summed E-state index contributed by atoms with van der Waals surface area (Å²) in [5, 5.41) is 9.03. The number of aromatic carboxylic acids is 1. The number of carboxylic acid groups (broad SMARTS) is 1. The lowest BCUT2D eigenvalue weighted by atomic mass is 10.1. The summed E-state index contributed by atoms with van der Waals surface area (Å²) >= 11 is 0. The molecule has 0 aromatic carbocycles. The quantitative estimate of drug-likeness (QED) is 0.874. The smallest absolute Gasteiger partial charge is 0.339 e. The predicted molar refractivity (Wildman–Crippen MR) is 75.1 cm³/mol. The molecule has 20 heavy (non-hydrogen) atoms. The van der Waals surface area contributed by atoms with Gasteiger partial charge in [-0.3, -0.25) is 4.90 Å². The summed E-state index contributed by atoms with van der Waals surface area (Å²) in [6.07, 6.45) is 5.06. The molecule has 2 atom stereocenters. The second-order valence-electron chi connectivity index (χ2n) is 5.76. The summed E-state index contributed by atoms with van der Waals surface area (Å²) in [5.41, 5.74) is 0.715. The highest BCUT2D eigenvalue weighted by Gasteiger charge is 2.35. The first-order valence-corrected chi connectivity index (χ1v) is 7.10. The Hall–Kier alpha value is -1.69. The number of aromatic nitrogens is 2. The molecule has 6 nitrogen and oxygen atoms in total. The number of rotatable bonds is 2. The van der Waals surface area contributed by atoms with Crippen LogP contribution >= 0.6 is 0 Å². The van der Waals surface area contributed by atoms with Crippen molar-refractivity contribution in [1.82, 2.24) is 14.9 Å². The van der Waals surface area contributed by atoms with E-state index in [4.69, 9.17) is 5.11 Å². The Bertz CT molecular complexity index is 534. The van der Waals surface area contributed by atoms with Gasteiger partial charge in [-0.15, -0.1) is 0 Å². The van der Waals surface area contributed by atoms with E-state index >= 15 is 0 Å². The van der Waals surface area contributed by atoms with Gasteiger partial charge in [0.2, 0.25) is 5.95 Å². The molecule has 0 aliphatic carbocycles. The highest BCUT2D eigenvalue weighted by molar-refractivity contribution is 5.88. The van der Waals surface area contributed by atoms with Crippen molar-refractivity contribution < 1.29 is 9.90 Å². The van der Waals surface area contributed by atoms with E-state index in [0.29, 0.717) is 23.7 Å². The third-order valence-corrected chi connectivity index (χ3v) is 4.63. The monoisotopic (exact) mass is 276 g/mol. The average Bonchev–Trinajstić information content (AvgIpc) is 2.62. The molecule has 6 heteroatoms. The number of aryl methyl sites for hydroxylation is 1. The van der Waals surface area contributed by atoms with E-state index in [-0.39, 0.29) is 5.56 Å². The Morgan fingerprint density at radius 2 is 2.10 bits per heavy atom. The van der Waals surface area contributed by atoms with E-state index in [1.54, 1.807) is 6.92 Å². The molecule has 0 amide bonds. The number of nitrogens with zero attached hydrogens (tertiary/aromatic N) is 4. The molecule has 1 N–H and O–H groups in total. The largest absolute Gasteiger partial charge is 0.478 e. The molecular weight excluding hydrogens is 256 g/mol. The maximum Gasteiger partial charge on any atom is 0.339 e. The average molecular weight is 276 g/mol. The van der Waals surface area contributed by atoms with Crippen molar-refractivity contribution in [1.29, 1.82) is 0 Å². The Balaban J connectivity index is 1.83. The van der Waals surface area contributed by atoms with Crippen molar-refractivity contribution >= 4 is 11.9 Å². The van der Waals surface area contributed by atoms with Crippen LogP contribution in [0.4, 0.5) is 5.95 Å². The third kappa shape index (κ3) is 2.24. The van der Waals surface area contributed by atoms with Crippen molar-refractivity contribution in [3.05, 3.63) is 17.5 Å². The van der Waals surface area contributed by atoms with E-state index < -0.39 is 5.97 Å². The van der Waals surface area contributed by atoms with Gasteiger partial charge in [-0.25, -0.2) is 14.8 Å². The summed E-state index contributed by atoms with van der Waals surface area (Å²) in [7, 11) is 2.20. The minimum atomic E-state index is -0.969. The zero-order chi connectivity index (χ0) is 14.3. The van der Waals surface area contributed by atoms with Crippen molar-refractivity contribution in [2.75, 3.05) is 25.0 Å². The molecule has 2 aliphatic rings. The molecule has 108 valence electrons. The topological polar surface area (TPSA) is 69.6 Å². The SMILES string of the molecule is Cc1nc(N2CCC3CCC(C2)N3C)ncc1C(=O)O. The molecule has 2 aliphatic heterocycles. The molecule has 3 heterocycles. The first-order valence-electron chi connectivity index (χ1n) is 7.10. The lowest BCUT2D eigenvalue weighted by Crippen LogP contribution is -2.37. The lowest BCUT2D eigenvalue weighted by molar-refractivity contribution is 0.0695. The Labute approximate surface area is 118 Å². The molecule has 2 fully saturated rings. The molecular formula is C14H20N4O2. The van der Waals surface area contributed by atoms with Crippen LogP contribution in [0.3, 0.4) is 0 Å². The summed E-state index contributed by atoms with van der Waals surface area (Å²) < 4.78 is 0. The molecule has 1 aromatic heterocycles. The van der Waals surface area contributed by atoms with Crippen molar-refractivity contribution in [2.45, 2.75) is 38.3 Å². The maximum absolute atomic E-state index is 11.0. The zero-order valence-electron chi connectivity index (χ0n) is 11.9. The van der Waals surface area contributed by atoms with E-state index in [2.05, 4.69) is 26.8 Å². The van der Waals surface area contributed by atoms with Crippen LogP contribution in [-0.2, 0) is 0 Å². The van der Waals surface area contributed by atoms with Gasteiger partial charge in [0.05, 0.1) is 11.3 Å². The minimum Gasteiger partial charge on any atom is -0.478 e.